The third-order valence-corrected chi connectivity index (χ3v) is 3.34. The molecule has 0 spiro atoms. The Balaban J connectivity index is 2.21. The van der Waals surface area contributed by atoms with Crippen LogP contribution in [-0.4, -0.2) is 25.8 Å². The monoisotopic (exact) mass is 292 g/mol. The van der Waals surface area contributed by atoms with Crippen LogP contribution >= 0.6 is 11.6 Å². The standard InChI is InChI=1S/C13H16ClF3N2/c1-18-7-9-2-5-12(11(14)6-9)19(10-3-4-10)8-13(15,16)17/h2,5-6,10,18H,3-4,7-8H2,1H3. The number of hydrogen-bond donors (Lipinski definition) is 1. The Morgan fingerprint density at radius 1 is 1.37 bits per heavy atom. The summed E-state index contributed by atoms with van der Waals surface area (Å²) in [6.45, 7) is -0.300. The number of benzene rings is 1. The van der Waals surface area contributed by atoms with E-state index in [9.17, 15) is 13.2 Å². The second-order valence-electron chi connectivity index (χ2n) is 4.79. The van der Waals surface area contributed by atoms with Crippen molar-refractivity contribution in [3.8, 4) is 0 Å². The van der Waals surface area contributed by atoms with Gasteiger partial charge in [0.1, 0.15) is 6.54 Å². The lowest BCUT2D eigenvalue weighted by Gasteiger charge is -2.27. The summed E-state index contributed by atoms with van der Waals surface area (Å²) in [4.78, 5) is 1.37. The molecular weight excluding hydrogens is 277 g/mol. The van der Waals surface area contributed by atoms with E-state index >= 15 is 0 Å². The molecule has 1 aromatic rings. The molecular formula is C13H16ClF3N2. The normalized spacial score (nSPS) is 15.6. The van der Waals surface area contributed by atoms with Gasteiger partial charge in [0.25, 0.3) is 0 Å². The van der Waals surface area contributed by atoms with E-state index in [0.717, 1.165) is 18.4 Å². The molecule has 1 saturated carbocycles. The Kier molecular flexibility index (Phi) is 4.26. The zero-order valence-corrected chi connectivity index (χ0v) is 11.4. The molecule has 0 saturated heterocycles. The van der Waals surface area contributed by atoms with Crippen molar-refractivity contribution in [3.05, 3.63) is 28.8 Å². The second kappa shape index (κ2) is 5.59. The maximum atomic E-state index is 12.6. The van der Waals surface area contributed by atoms with Crippen LogP contribution in [0.5, 0.6) is 0 Å². The smallest absolute Gasteiger partial charge is 0.358 e. The van der Waals surface area contributed by atoms with Crippen molar-refractivity contribution in [3.63, 3.8) is 0 Å². The minimum absolute atomic E-state index is 0.0331. The van der Waals surface area contributed by atoms with Crippen molar-refractivity contribution in [1.29, 1.82) is 0 Å². The summed E-state index contributed by atoms with van der Waals surface area (Å²) in [6, 6.07) is 5.18. The topological polar surface area (TPSA) is 15.3 Å². The lowest BCUT2D eigenvalue weighted by molar-refractivity contribution is -0.119. The predicted molar refractivity (Wildman–Crippen MR) is 70.6 cm³/mol. The number of halogens is 4. The van der Waals surface area contributed by atoms with E-state index in [1.807, 2.05) is 13.1 Å². The fourth-order valence-corrected chi connectivity index (χ4v) is 2.40. The molecule has 2 nitrogen and oxygen atoms in total. The van der Waals surface area contributed by atoms with Gasteiger partial charge in [-0.2, -0.15) is 13.2 Å². The van der Waals surface area contributed by atoms with Crippen LogP contribution in [0.3, 0.4) is 0 Å². The van der Waals surface area contributed by atoms with Crippen molar-refractivity contribution < 1.29 is 13.2 Å². The molecule has 0 atom stereocenters. The highest BCUT2D eigenvalue weighted by atomic mass is 35.5. The summed E-state index contributed by atoms with van der Waals surface area (Å²) in [5, 5.41) is 3.36. The van der Waals surface area contributed by atoms with Crippen molar-refractivity contribution >= 4 is 17.3 Å². The molecule has 106 valence electrons. The maximum Gasteiger partial charge on any atom is 0.405 e. The maximum absolute atomic E-state index is 12.6. The largest absolute Gasteiger partial charge is 0.405 e. The number of nitrogens with zero attached hydrogens (tertiary/aromatic N) is 1. The van der Waals surface area contributed by atoms with Crippen LogP contribution in [0.25, 0.3) is 0 Å². The average Bonchev–Trinajstić information content (AvgIpc) is 3.09. The van der Waals surface area contributed by atoms with Gasteiger partial charge in [-0.05, 0) is 37.6 Å². The van der Waals surface area contributed by atoms with Crippen molar-refractivity contribution in [2.45, 2.75) is 31.6 Å². The Morgan fingerprint density at radius 3 is 2.53 bits per heavy atom. The number of anilines is 1. The molecule has 6 heteroatoms. The fourth-order valence-electron chi connectivity index (χ4n) is 2.09. The first kappa shape index (κ1) is 14.5. The minimum Gasteiger partial charge on any atom is -0.358 e. The second-order valence-corrected chi connectivity index (χ2v) is 5.20. The van der Waals surface area contributed by atoms with E-state index in [0.29, 0.717) is 17.3 Å². The van der Waals surface area contributed by atoms with E-state index in [2.05, 4.69) is 5.32 Å². The Labute approximate surface area is 115 Å². The molecule has 0 heterocycles. The molecule has 0 amide bonds. The quantitative estimate of drug-likeness (QED) is 0.892. The van der Waals surface area contributed by atoms with Crippen LogP contribution in [0.4, 0.5) is 18.9 Å². The van der Waals surface area contributed by atoms with Gasteiger partial charge in [-0.3, -0.25) is 0 Å². The summed E-state index contributed by atoms with van der Waals surface area (Å²) in [5.74, 6) is 0. The van der Waals surface area contributed by atoms with Gasteiger partial charge >= 0.3 is 6.18 Å². The van der Waals surface area contributed by atoms with Crippen LogP contribution in [0.2, 0.25) is 5.02 Å². The first-order valence-electron chi connectivity index (χ1n) is 6.17. The first-order valence-corrected chi connectivity index (χ1v) is 6.55. The SMILES string of the molecule is CNCc1ccc(N(CC(F)(F)F)C2CC2)c(Cl)c1. The summed E-state index contributed by atoms with van der Waals surface area (Å²) in [6.07, 6.45) is -2.62. The molecule has 1 fully saturated rings. The first-order chi connectivity index (χ1) is 8.90. The lowest BCUT2D eigenvalue weighted by Crippen LogP contribution is -2.36. The molecule has 2 rings (SSSR count). The van der Waals surface area contributed by atoms with Crippen LogP contribution < -0.4 is 10.2 Å². The highest BCUT2D eigenvalue weighted by Gasteiger charge is 2.38. The number of nitrogens with one attached hydrogen (secondary N) is 1. The van der Waals surface area contributed by atoms with Gasteiger partial charge in [-0.15, -0.1) is 0 Å². The van der Waals surface area contributed by atoms with Gasteiger partial charge in [0, 0.05) is 12.6 Å². The van der Waals surface area contributed by atoms with Crippen LogP contribution in [0.1, 0.15) is 18.4 Å². The Morgan fingerprint density at radius 2 is 2.05 bits per heavy atom. The van der Waals surface area contributed by atoms with Gasteiger partial charge in [0.05, 0.1) is 10.7 Å². The van der Waals surface area contributed by atoms with Crippen molar-refractivity contribution in [1.82, 2.24) is 5.32 Å². The van der Waals surface area contributed by atoms with Gasteiger partial charge in [-0.1, -0.05) is 17.7 Å². The molecule has 1 N–H and O–H groups in total. The van der Waals surface area contributed by atoms with E-state index in [4.69, 9.17) is 11.6 Å². The zero-order chi connectivity index (χ0) is 14.0. The Bertz CT molecular complexity index is 444. The van der Waals surface area contributed by atoms with Gasteiger partial charge < -0.3 is 10.2 Å². The molecule has 19 heavy (non-hydrogen) atoms. The average molecular weight is 293 g/mol. The molecule has 1 aromatic carbocycles. The van der Waals surface area contributed by atoms with Crippen molar-refractivity contribution in [2.24, 2.45) is 0 Å². The van der Waals surface area contributed by atoms with Crippen LogP contribution in [-0.2, 0) is 6.54 Å². The fraction of sp³-hybridized carbons (Fsp3) is 0.538. The summed E-state index contributed by atoms with van der Waals surface area (Å²) in [5.41, 5.74) is 1.43. The minimum atomic E-state index is -4.21. The molecule has 0 radical (unpaired) electrons. The molecule has 0 aliphatic heterocycles. The molecule has 0 aromatic heterocycles. The highest BCUT2D eigenvalue weighted by molar-refractivity contribution is 6.33. The van der Waals surface area contributed by atoms with Gasteiger partial charge in [-0.25, -0.2) is 0 Å². The third kappa shape index (κ3) is 4.01. The van der Waals surface area contributed by atoms with Crippen molar-refractivity contribution in [2.75, 3.05) is 18.5 Å². The Hall–Kier alpha value is -0.940. The predicted octanol–water partition coefficient (Wildman–Crippen LogP) is 3.59. The molecule has 0 bridgehead atoms. The van der Waals surface area contributed by atoms with E-state index < -0.39 is 12.7 Å². The number of hydrogen-bond acceptors (Lipinski definition) is 2. The third-order valence-electron chi connectivity index (χ3n) is 3.04. The lowest BCUT2D eigenvalue weighted by atomic mass is 10.2. The van der Waals surface area contributed by atoms with Crippen LogP contribution in [0, 0.1) is 0 Å². The number of rotatable bonds is 5. The van der Waals surface area contributed by atoms with Gasteiger partial charge in [0.2, 0.25) is 0 Å². The molecule has 1 aliphatic carbocycles. The summed E-state index contributed by atoms with van der Waals surface area (Å²) >= 11 is 6.12. The highest BCUT2D eigenvalue weighted by Crippen LogP contribution is 2.38. The van der Waals surface area contributed by atoms with E-state index in [1.165, 1.54) is 4.90 Å². The van der Waals surface area contributed by atoms with E-state index in [1.54, 1.807) is 12.1 Å². The summed E-state index contributed by atoms with van der Waals surface area (Å²) in [7, 11) is 1.81. The molecule has 0 unspecified atom stereocenters. The van der Waals surface area contributed by atoms with Crippen LogP contribution in [0.15, 0.2) is 18.2 Å². The number of alkyl halides is 3. The van der Waals surface area contributed by atoms with E-state index in [-0.39, 0.29) is 6.04 Å². The van der Waals surface area contributed by atoms with Gasteiger partial charge in [0.15, 0.2) is 0 Å². The summed E-state index contributed by atoms with van der Waals surface area (Å²) < 4.78 is 37.8. The zero-order valence-electron chi connectivity index (χ0n) is 10.6. The molecule has 1 aliphatic rings.